The highest BCUT2D eigenvalue weighted by Gasteiger charge is 2.39. The summed E-state index contributed by atoms with van der Waals surface area (Å²) < 4.78 is 5.14. The van der Waals surface area contributed by atoms with Crippen molar-refractivity contribution in [2.45, 2.75) is 51.5 Å². The molecule has 1 saturated heterocycles. The summed E-state index contributed by atoms with van der Waals surface area (Å²) in [5, 5.41) is 3.34. The molecule has 0 aliphatic carbocycles. The van der Waals surface area contributed by atoms with Crippen LogP contribution in [0, 0.1) is 0 Å². The highest BCUT2D eigenvalue weighted by atomic mass is 16.5. The molecule has 0 spiro atoms. The predicted octanol–water partition coefficient (Wildman–Crippen LogP) is 1.86. The van der Waals surface area contributed by atoms with Crippen LogP contribution in [0.5, 0.6) is 0 Å². The minimum Gasteiger partial charge on any atom is -0.465 e. The van der Waals surface area contributed by atoms with E-state index in [0.717, 1.165) is 32.2 Å². The monoisotopic (exact) mass is 199 g/mol. The van der Waals surface area contributed by atoms with Crippen molar-refractivity contribution in [3.8, 4) is 0 Å². The van der Waals surface area contributed by atoms with Crippen LogP contribution in [0.15, 0.2) is 0 Å². The van der Waals surface area contributed by atoms with Gasteiger partial charge < -0.3 is 10.1 Å². The van der Waals surface area contributed by atoms with Crippen molar-refractivity contribution < 1.29 is 9.53 Å². The van der Waals surface area contributed by atoms with Crippen LogP contribution in [0.25, 0.3) is 0 Å². The number of hydrogen-bond acceptors (Lipinski definition) is 3. The fourth-order valence-electron chi connectivity index (χ4n) is 2.15. The van der Waals surface area contributed by atoms with Gasteiger partial charge in [0.15, 0.2) is 0 Å². The molecular formula is C11H21NO2. The Hall–Kier alpha value is -0.570. The summed E-state index contributed by atoms with van der Waals surface area (Å²) in [6.07, 6.45) is 5.15. The van der Waals surface area contributed by atoms with Crippen LogP contribution in [0.2, 0.25) is 0 Å². The lowest BCUT2D eigenvalue weighted by molar-refractivity contribution is -0.152. The van der Waals surface area contributed by atoms with E-state index in [1.165, 1.54) is 6.42 Å². The molecule has 0 radical (unpaired) electrons. The van der Waals surface area contributed by atoms with Gasteiger partial charge in [0, 0.05) is 0 Å². The van der Waals surface area contributed by atoms with Gasteiger partial charge >= 0.3 is 5.97 Å². The second kappa shape index (κ2) is 5.35. The van der Waals surface area contributed by atoms with Crippen molar-refractivity contribution in [2.24, 2.45) is 0 Å². The van der Waals surface area contributed by atoms with Gasteiger partial charge in [-0.05, 0) is 39.2 Å². The maximum Gasteiger partial charge on any atom is 0.326 e. The first-order valence-corrected chi connectivity index (χ1v) is 5.67. The van der Waals surface area contributed by atoms with Crippen molar-refractivity contribution in [2.75, 3.05) is 13.2 Å². The number of carbonyl (C=O) groups is 1. The number of rotatable bonds is 4. The zero-order valence-corrected chi connectivity index (χ0v) is 9.27. The van der Waals surface area contributed by atoms with Crippen molar-refractivity contribution in [1.29, 1.82) is 0 Å². The number of hydrogen-bond donors (Lipinski definition) is 1. The molecule has 1 heterocycles. The second-order valence-corrected chi connectivity index (χ2v) is 3.94. The maximum absolute atomic E-state index is 11.8. The first-order chi connectivity index (χ1) is 6.75. The molecule has 0 bridgehead atoms. The lowest BCUT2D eigenvalue weighted by Gasteiger charge is -2.35. The molecule has 1 aliphatic rings. The van der Waals surface area contributed by atoms with Crippen LogP contribution in [-0.4, -0.2) is 24.7 Å². The molecule has 1 atom stereocenters. The molecule has 0 aromatic carbocycles. The summed E-state index contributed by atoms with van der Waals surface area (Å²) in [5.41, 5.74) is -0.372. The summed E-state index contributed by atoms with van der Waals surface area (Å²) in [4.78, 5) is 11.8. The van der Waals surface area contributed by atoms with Crippen LogP contribution in [0.3, 0.4) is 0 Å². The third kappa shape index (κ3) is 2.47. The Labute approximate surface area is 86.2 Å². The van der Waals surface area contributed by atoms with Crippen LogP contribution < -0.4 is 5.32 Å². The zero-order chi connectivity index (χ0) is 10.4. The zero-order valence-electron chi connectivity index (χ0n) is 9.27. The summed E-state index contributed by atoms with van der Waals surface area (Å²) in [6, 6.07) is 0. The topological polar surface area (TPSA) is 38.3 Å². The molecule has 1 rings (SSSR count). The van der Waals surface area contributed by atoms with Crippen molar-refractivity contribution in [3.05, 3.63) is 0 Å². The molecule has 0 aromatic rings. The molecule has 1 aliphatic heterocycles. The summed E-state index contributed by atoms with van der Waals surface area (Å²) >= 11 is 0. The highest BCUT2D eigenvalue weighted by Crippen LogP contribution is 2.25. The van der Waals surface area contributed by atoms with E-state index in [-0.39, 0.29) is 11.5 Å². The molecular weight excluding hydrogens is 178 g/mol. The number of nitrogens with one attached hydrogen (secondary N) is 1. The van der Waals surface area contributed by atoms with Gasteiger partial charge in [-0.3, -0.25) is 4.79 Å². The van der Waals surface area contributed by atoms with Gasteiger partial charge in [-0.1, -0.05) is 13.3 Å². The molecule has 1 N–H and O–H groups in total. The largest absolute Gasteiger partial charge is 0.465 e. The molecule has 82 valence electrons. The van der Waals surface area contributed by atoms with Crippen LogP contribution in [-0.2, 0) is 9.53 Å². The summed E-state index contributed by atoms with van der Waals surface area (Å²) in [7, 11) is 0. The van der Waals surface area contributed by atoms with E-state index in [1.54, 1.807) is 0 Å². The van der Waals surface area contributed by atoms with E-state index in [1.807, 2.05) is 6.92 Å². The standard InChI is InChI=1S/C11H21NO2/c1-3-7-11(10(13)14-4-2)8-5-6-9-12-11/h12H,3-9H2,1-2H3. The molecule has 1 unspecified atom stereocenters. The number of ether oxygens (including phenoxy) is 1. The van der Waals surface area contributed by atoms with Gasteiger partial charge in [0.1, 0.15) is 5.54 Å². The molecule has 0 saturated carbocycles. The normalized spacial score (nSPS) is 27.3. The lowest BCUT2D eigenvalue weighted by atomic mass is 9.85. The maximum atomic E-state index is 11.8. The fraction of sp³-hybridized carbons (Fsp3) is 0.909. The molecule has 0 amide bonds. The Morgan fingerprint density at radius 1 is 1.43 bits per heavy atom. The quantitative estimate of drug-likeness (QED) is 0.702. The highest BCUT2D eigenvalue weighted by molar-refractivity contribution is 5.81. The van der Waals surface area contributed by atoms with E-state index < -0.39 is 0 Å². The molecule has 3 nitrogen and oxygen atoms in total. The lowest BCUT2D eigenvalue weighted by Crippen LogP contribution is -2.55. The first-order valence-electron chi connectivity index (χ1n) is 5.67. The van der Waals surface area contributed by atoms with Gasteiger partial charge in [-0.15, -0.1) is 0 Å². The number of esters is 1. The van der Waals surface area contributed by atoms with E-state index in [4.69, 9.17) is 4.74 Å². The number of piperidine rings is 1. The average Bonchev–Trinajstić information content (AvgIpc) is 2.20. The van der Waals surface area contributed by atoms with Crippen molar-refractivity contribution in [3.63, 3.8) is 0 Å². The fourth-order valence-corrected chi connectivity index (χ4v) is 2.15. The minimum absolute atomic E-state index is 0.0541. The smallest absolute Gasteiger partial charge is 0.326 e. The second-order valence-electron chi connectivity index (χ2n) is 3.94. The van der Waals surface area contributed by atoms with Crippen molar-refractivity contribution in [1.82, 2.24) is 5.32 Å². The molecule has 0 aromatic heterocycles. The van der Waals surface area contributed by atoms with Gasteiger partial charge in [0.25, 0.3) is 0 Å². The third-order valence-corrected chi connectivity index (χ3v) is 2.84. The van der Waals surface area contributed by atoms with Gasteiger partial charge in [0.05, 0.1) is 6.61 Å². The van der Waals surface area contributed by atoms with E-state index in [2.05, 4.69) is 12.2 Å². The molecule has 1 fully saturated rings. The van der Waals surface area contributed by atoms with Crippen LogP contribution in [0.1, 0.15) is 46.0 Å². The Morgan fingerprint density at radius 3 is 2.71 bits per heavy atom. The minimum atomic E-state index is -0.372. The Kier molecular flexibility index (Phi) is 4.39. The Morgan fingerprint density at radius 2 is 2.21 bits per heavy atom. The van der Waals surface area contributed by atoms with Crippen LogP contribution >= 0.6 is 0 Å². The number of carbonyl (C=O) groups excluding carboxylic acids is 1. The SMILES string of the molecule is CCCC1(C(=O)OCC)CCCCN1. The Balaban J connectivity index is 2.63. The van der Waals surface area contributed by atoms with Gasteiger partial charge in [-0.25, -0.2) is 0 Å². The first kappa shape index (κ1) is 11.5. The van der Waals surface area contributed by atoms with Gasteiger partial charge in [-0.2, -0.15) is 0 Å². The summed E-state index contributed by atoms with van der Waals surface area (Å²) in [6.45, 7) is 5.39. The van der Waals surface area contributed by atoms with Crippen LogP contribution in [0.4, 0.5) is 0 Å². The Bertz CT molecular complexity index is 180. The third-order valence-electron chi connectivity index (χ3n) is 2.84. The predicted molar refractivity (Wildman–Crippen MR) is 56.1 cm³/mol. The summed E-state index contributed by atoms with van der Waals surface area (Å²) in [5.74, 6) is -0.0541. The van der Waals surface area contributed by atoms with E-state index in [0.29, 0.717) is 6.61 Å². The van der Waals surface area contributed by atoms with Crippen molar-refractivity contribution >= 4 is 5.97 Å². The van der Waals surface area contributed by atoms with E-state index >= 15 is 0 Å². The molecule has 3 heteroatoms. The van der Waals surface area contributed by atoms with Gasteiger partial charge in [0.2, 0.25) is 0 Å². The van der Waals surface area contributed by atoms with E-state index in [9.17, 15) is 4.79 Å². The average molecular weight is 199 g/mol. The molecule has 14 heavy (non-hydrogen) atoms.